The standard InChI is InChI=1S/C14H18N2O3/c1-19-14(18)9-6-11-4-7-12(8-5-11)16-13(17)3-2-10-15/h4-9H,2-3,10,15H2,1H3,(H,16,17). The molecule has 0 heterocycles. The highest BCUT2D eigenvalue weighted by atomic mass is 16.5. The lowest BCUT2D eigenvalue weighted by molar-refractivity contribution is -0.134. The van der Waals surface area contributed by atoms with E-state index in [0.717, 1.165) is 11.3 Å². The van der Waals surface area contributed by atoms with Gasteiger partial charge in [0.05, 0.1) is 7.11 Å². The molecule has 0 aliphatic rings. The minimum absolute atomic E-state index is 0.0525. The van der Waals surface area contributed by atoms with Crippen LogP contribution in [0.15, 0.2) is 30.3 Å². The van der Waals surface area contributed by atoms with Gasteiger partial charge < -0.3 is 15.8 Å². The monoisotopic (exact) mass is 262 g/mol. The van der Waals surface area contributed by atoms with Crippen LogP contribution in [0.3, 0.4) is 0 Å². The van der Waals surface area contributed by atoms with Crippen LogP contribution in [0.2, 0.25) is 0 Å². The molecule has 0 unspecified atom stereocenters. The summed E-state index contributed by atoms with van der Waals surface area (Å²) < 4.78 is 4.49. The Hall–Kier alpha value is -2.14. The van der Waals surface area contributed by atoms with Gasteiger partial charge in [-0.2, -0.15) is 0 Å². The van der Waals surface area contributed by atoms with Crippen molar-refractivity contribution in [2.75, 3.05) is 19.0 Å². The van der Waals surface area contributed by atoms with Crippen LogP contribution >= 0.6 is 0 Å². The van der Waals surface area contributed by atoms with Gasteiger partial charge in [0.1, 0.15) is 0 Å². The maximum Gasteiger partial charge on any atom is 0.330 e. The summed E-state index contributed by atoms with van der Waals surface area (Å²) in [5.74, 6) is -0.456. The van der Waals surface area contributed by atoms with Gasteiger partial charge in [-0.3, -0.25) is 4.79 Å². The first-order valence-electron chi connectivity index (χ1n) is 6.01. The number of nitrogens with two attached hydrogens (primary N) is 1. The van der Waals surface area contributed by atoms with E-state index in [1.165, 1.54) is 13.2 Å². The van der Waals surface area contributed by atoms with Gasteiger partial charge in [-0.1, -0.05) is 12.1 Å². The van der Waals surface area contributed by atoms with Crippen molar-refractivity contribution in [3.8, 4) is 0 Å². The van der Waals surface area contributed by atoms with Gasteiger partial charge in [-0.05, 0) is 36.7 Å². The number of esters is 1. The average Bonchev–Trinajstić information content (AvgIpc) is 2.44. The zero-order chi connectivity index (χ0) is 14.1. The third-order valence-electron chi connectivity index (χ3n) is 2.42. The van der Waals surface area contributed by atoms with Crippen molar-refractivity contribution in [2.45, 2.75) is 12.8 Å². The summed E-state index contributed by atoms with van der Waals surface area (Å²) in [5, 5.41) is 2.77. The molecule has 1 rings (SSSR count). The predicted molar refractivity (Wildman–Crippen MR) is 74.4 cm³/mol. The second-order valence-corrected chi connectivity index (χ2v) is 3.92. The molecule has 0 radical (unpaired) electrons. The third-order valence-corrected chi connectivity index (χ3v) is 2.42. The fraction of sp³-hybridized carbons (Fsp3) is 0.286. The van der Waals surface area contributed by atoms with E-state index in [1.807, 2.05) is 0 Å². The van der Waals surface area contributed by atoms with Crippen LogP contribution in [0.1, 0.15) is 18.4 Å². The molecule has 0 spiro atoms. The Morgan fingerprint density at radius 2 is 2.00 bits per heavy atom. The number of nitrogens with one attached hydrogen (secondary N) is 1. The highest BCUT2D eigenvalue weighted by Crippen LogP contribution is 2.11. The van der Waals surface area contributed by atoms with E-state index in [1.54, 1.807) is 30.3 Å². The summed E-state index contributed by atoms with van der Waals surface area (Å²) in [6.07, 6.45) is 4.08. The van der Waals surface area contributed by atoms with Gasteiger partial charge in [-0.25, -0.2) is 4.79 Å². The van der Waals surface area contributed by atoms with Gasteiger partial charge in [0.25, 0.3) is 0 Å². The Morgan fingerprint density at radius 3 is 2.58 bits per heavy atom. The first kappa shape index (κ1) is 14.9. The summed E-state index contributed by atoms with van der Waals surface area (Å²) in [7, 11) is 1.33. The second-order valence-electron chi connectivity index (χ2n) is 3.92. The molecule has 5 heteroatoms. The van der Waals surface area contributed by atoms with Crippen molar-refractivity contribution in [2.24, 2.45) is 5.73 Å². The molecule has 1 aromatic carbocycles. The Balaban J connectivity index is 2.54. The van der Waals surface area contributed by atoms with Crippen molar-refractivity contribution in [1.29, 1.82) is 0 Å². The zero-order valence-electron chi connectivity index (χ0n) is 10.9. The molecular weight excluding hydrogens is 244 g/mol. The third kappa shape index (κ3) is 5.83. The minimum atomic E-state index is -0.404. The van der Waals surface area contributed by atoms with Crippen LogP contribution in [0.25, 0.3) is 6.08 Å². The Labute approximate surface area is 112 Å². The number of amides is 1. The normalized spacial score (nSPS) is 10.4. The first-order chi connectivity index (χ1) is 9.15. The zero-order valence-corrected chi connectivity index (χ0v) is 10.9. The van der Waals surface area contributed by atoms with Crippen LogP contribution in [-0.2, 0) is 14.3 Å². The second kappa shape index (κ2) is 8.05. The van der Waals surface area contributed by atoms with Crippen LogP contribution in [0.4, 0.5) is 5.69 Å². The van der Waals surface area contributed by atoms with Crippen LogP contribution < -0.4 is 11.1 Å². The molecule has 0 aliphatic heterocycles. The largest absolute Gasteiger partial charge is 0.466 e. The molecule has 0 saturated carbocycles. The average molecular weight is 262 g/mol. The minimum Gasteiger partial charge on any atom is -0.466 e. The summed E-state index contributed by atoms with van der Waals surface area (Å²) >= 11 is 0. The molecule has 19 heavy (non-hydrogen) atoms. The SMILES string of the molecule is COC(=O)C=Cc1ccc(NC(=O)CCCN)cc1. The van der Waals surface area contributed by atoms with Crippen molar-refractivity contribution < 1.29 is 14.3 Å². The summed E-state index contributed by atoms with van der Waals surface area (Å²) in [6, 6.07) is 7.16. The molecule has 102 valence electrons. The number of benzene rings is 1. The van der Waals surface area contributed by atoms with Crippen molar-refractivity contribution >= 4 is 23.6 Å². The lowest BCUT2D eigenvalue weighted by Gasteiger charge is -2.04. The predicted octanol–water partition coefficient (Wildman–Crippen LogP) is 1.55. The molecule has 3 N–H and O–H groups in total. The smallest absolute Gasteiger partial charge is 0.330 e. The summed E-state index contributed by atoms with van der Waals surface area (Å²) in [4.78, 5) is 22.4. The van der Waals surface area contributed by atoms with E-state index in [-0.39, 0.29) is 5.91 Å². The number of methoxy groups -OCH3 is 1. The van der Waals surface area contributed by atoms with Gasteiger partial charge in [0.2, 0.25) is 5.91 Å². The highest BCUT2D eigenvalue weighted by Gasteiger charge is 2.01. The molecule has 0 saturated heterocycles. The van der Waals surface area contributed by atoms with E-state index in [2.05, 4.69) is 10.1 Å². The molecule has 5 nitrogen and oxygen atoms in total. The van der Waals surface area contributed by atoms with E-state index in [0.29, 0.717) is 19.4 Å². The Bertz CT molecular complexity index is 452. The summed E-state index contributed by atoms with van der Waals surface area (Å²) in [5.41, 5.74) is 6.91. The van der Waals surface area contributed by atoms with Gasteiger partial charge in [-0.15, -0.1) is 0 Å². The Kier molecular flexibility index (Phi) is 6.32. The number of ether oxygens (including phenoxy) is 1. The highest BCUT2D eigenvalue weighted by molar-refractivity contribution is 5.91. The lowest BCUT2D eigenvalue weighted by Crippen LogP contribution is -2.13. The summed E-state index contributed by atoms with van der Waals surface area (Å²) in [6.45, 7) is 0.505. The number of carbonyl (C=O) groups is 2. The quantitative estimate of drug-likeness (QED) is 0.602. The number of carbonyl (C=O) groups excluding carboxylic acids is 2. The Morgan fingerprint density at radius 1 is 1.32 bits per heavy atom. The fourth-order valence-corrected chi connectivity index (χ4v) is 1.40. The van der Waals surface area contributed by atoms with E-state index in [9.17, 15) is 9.59 Å². The van der Waals surface area contributed by atoms with Crippen LogP contribution in [-0.4, -0.2) is 25.5 Å². The molecule has 0 bridgehead atoms. The van der Waals surface area contributed by atoms with E-state index in [4.69, 9.17) is 5.73 Å². The lowest BCUT2D eigenvalue weighted by atomic mass is 10.2. The van der Waals surface area contributed by atoms with Gasteiger partial charge in [0.15, 0.2) is 0 Å². The number of anilines is 1. The molecule has 0 atom stereocenters. The van der Waals surface area contributed by atoms with Crippen molar-refractivity contribution in [1.82, 2.24) is 0 Å². The maximum absolute atomic E-state index is 11.5. The van der Waals surface area contributed by atoms with Gasteiger partial charge in [0, 0.05) is 18.2 Å². The van der Waals surface area contributed by atoms with Crippen molar-refractivity contribution in [3.05, 3.63) is 35.9 Å². The van der Waals surface area contributed by atoms with Crippen LogP contribution in [0.5, 0.6) is 0 Å². The molecular formula is C14H18N2O3. The topological polar surface area (TPSA) is 81.4 Å². The number of hydrogen-bond acceptors (Lipinski definition) is 4. The van der Waals surface area contributed by atoms with Crippen molar-refractivity contribution in [3.63, 3.8) is 0 Å². The van der Waals surface area contributed by atoms with E-state index >= 15 is 0 Å². The van der Waals surface area contributed by atoms with Gasteiger partial charge >= 0.3 is 5.97 Å². The van der Waals surface area contributed by atoms with Crippen LogP contribution in [0, 0.1) is 0 Å². The maximum atomic E-state index is 11.5. The molecule has 0 fully saturated rings. The fourth-order valence-electron chi connectivity index (χ4n) is 1.40. The first-order valence-corrected chi connectivity index (χ1v) is 6.01. The molecule has 1 aromatic rings. The molecule has 0 aliphatic carbocycles. The molecule has 1 amide bonds. The number of hydrogen-bond donors (Lipinski definition) is 2. The molecule has 0 aromatic heterocycles. The number of rotatable bonds is 6. The van der Waals surface area contributed by atoms with E-state index < -0.39 is 5.97 Å².